The van der Waals surface area contributed by atoms with Crippen LogP contribution in [-0.2, 0) is 9.53 Å². The van der Waals surface area contributed by atoms with Gasteiger partial charge in [-0.2, -0.15) is 0 Å². The predicted molar refractivity (Wildman–Crippen MR) is 80.8 cm³/mol. The number of aliphatic hydroxyl groups excluding tert-OH is 2. The molecule has 0 aromatic heterocycles. The van der Waals surface area contributed by atoms with Crippen molar-refractivity contribution < 1.29 is 19.7 Å². The average Bonchev–Trinajstić information content (AvgIpc) is 2.72. The number of Topliss-reactive ketones (excluding diaryl/α,β-unsaturated/α-hetero) is 1. The lowest BCUT2D eigenvalue weighted by Crippen LogP contribution is -2.56. The summed E-state index contributed by atoms with van der Waals surface area (Å²) in [5, 5.41) is 19.9. The Kier molecular flexibility index (Phi) is 3.28. The van der Waals surface area contributed by atoms with Crippen molar-refractivity contribution in [3.8, 4) is 0 Å². The first kappa shape index (κ1) is 15.1. The summed E-state index contributed by atoms with van der Waals surface area (Å²) >= 11 is 0. The quantitative estimate of drug-likeness (QED) is 0.719. The molecule has 4 aliphatic rings. The molecule has 1 saturated heterocycles. The number of hydrogen-bond donors (Lipinski definition) is 2. The first-order valence-corrected chi connectivity index (χ1v) is 8.88. The van der Waals surface area contributed by atoms with E-state index >= 15 is 0 Å². The monoisotopic (exact) mass is 308 g/mol. The smallest absolute Gasteiger partial charge is 0.167 e. The van der Waals surface area contributed by atoms with Gasteiger partial charge < -0.3 is 14.9 Å². The molecular weight excluding hydrogens is 280 g/mol. The fraction of sp³-hybridized carbons (Fsp3) is 0.944. The number of fused-ring (bicyclic) bond motifs is 5. The second kappa shape index (κ2) is 4.78. The Balaban J connectivity index is 1.64. The lowest BCUT2D eigenvalue weighted by atomic mass is 9.47. The molecule has 8 atom stereocenters. The van der Waals surface area contributed by atoms with Crippen LogP contribution in [-0.4, -0.2) is 35.0 Å². The number of carbonyl (C=O) groups is 1. The molecular formula is C18H28O4. The Morgan fingerprint density at radius 1 is 1.09 bits per heavy atom. The van der Waals surface area contributed by atoms with Crippen molar-refractivity contribution in [1.29, 1.82) is 0 Å². The summed E-state index contributed by atoms with van der Waals surface area (Å²) in [7, 11) is 0. The van der Waals surface area contributed by atoms with E-state index in [2.05, 4.69) is 13.8 Å². The minimum absolute atomic E-state index is 0.0820. The zero-order valence-electron chi connectivity index (χ0n) is 13.6. The summed E-state index contributed by atoms with van der Waals surface area (Å²) in [6, 6.07) is 0. The van der Waals surface area contributed by atoms with Crippen LogP contribution in [0.15, 0.2) is 0 Å². The topological polar surface area (TPSA) is 66.8 Å². The third-order valence-corrected chi connectivity index (χ3v) is 7.87. The van der Waals surface area contributed by atoms with Crippen molar-refractivity contribution in [1.82, 2.24) is 0 Å². The lowest BCUT2D eigenvalue weighted by Gasteiger charge is -2.59. The predicted octanol–water partition coefficient (Wildman–Crippen LogP) is 2.12. The van der Waals surface area contributed by atoms with Gasteiger partial charge in [0.25, 0.3) is 0 Å². The Hall–Kier alpha value is -0.450. The third kappa shape index (κ3) is 1.83. The molecule has 4 heteroatoms. The maximum Gasteiger partial charge on any atom is 0.167 e. The zero-order chi connectivity index (χ0) is 15.7. The highest BCUT2D eigenvalue weighted by Crippen LogP contribution is 2.64. The van der Waals surface area contributed by atoms with Crippen molar-refractivity contribution in [2.75, 3.05) is 6.61 Å². The highest BCUT2D eigenvalue weighted by atomic mass is 16.6. The van der Waals surface area contributed by atoms with E-state index < -0.39 is 12.4 Å². The molecule has 0 aromatic carbocycles. The summed E-state index contributed by atoms with van der Waals surface area (Å²) in [5.74, 6) is 2.04. The SMILES string of the molecule is C[C@]12CO[C@@H](O)C[C@H]1CC[C@@H]1[C@@H]2CC[C@]2(C)C(=O)[C@@H](O)C[C@@H]12. The van der Waals surface area contributed by atoms with E-state index in [4.69, 9.17) is 4.74 Å². The van der Waals surface area contributed by atoms with Gasteiger partial charge in [0, 0.05) is 11.8 Å². The lowest BCUT2D eigenvalue weighted by molar-refractivity contribution is -0.225. The molecule has 0 aromatic rings. The van der Waals surface area contributed by atoms with E-state index in [1.165, 1.54) is 0 Å². The molecule has 22 heavy (non-hydrogen) atoms. The molecule has 1 aliphatic heterocycles. The van der Waals surface area contributed by atoms with Crippen molar-refractivity contribution in [2.45, 2.75) is 64.8 Å². The van der Waals surface area contributed by atoms with E-state index in [-0.39, 0.29) is 16.6 Å². The number of rotatable bonds is 0. The summed E-state index contributed by atoms with van der Waals surface area (Å²) in [5.41, 5.74) is -0.182. The fourth-order valence-electron chi connectivity index (χ4n) is 6.52. The van der Waals surface area contributed by atoms with Crippen LogP contribution in [0.25, 0.3) is 0 Å². The van der Waals surface area contributed by atoms with Crippen LogP contribution >= 0.6 is 0 Å². The van der Waals surface area contributed by atoms with E-state index in [0.717, 1.165) is 32.1 Å². The van der Waals surface area contributed by atoms with Crippen LogP contribution in [0.2, 0.25) is 0 Å². The van der Waals surface area contributed by atoms with Crippen LogP contribution in [0, 0.1) is 34.5 Å². The normalized spacial score (nSPS) is 57.9. The van der Waals surface area contributed by atoms with Crippen molar-refractivity contribution in [3.63, 3.8) is 0 Å². The molecule has 0 radical (unpaired) electrons. The molecule has 0 amide bonds. The Labute approximate surface area is 132 Å². The molecule has 4 nitrogen and oxygen atoms in total. The van der Waals surface area contributed by atoms with Gasteiger partial charge in [0.15, 0.2) is 12.1 Å². The average molecular weight is 308 g/mol. The van der Waals surface area contributed by atoms with Gasteiger partial charge >= 0.3 is 0 Å². The van der Waals surface area contributed by atoms with Gasteiger partial charge in [0.1, 0.15) is 6.10 Å². The molecule has 4 fully saturated rings. The molecule has 0 unspecified atom stereocenters. The summed E-state index contributed by atoms with van der Waals surface area (Å²) in [6.45, 7) is 5.05. The number of aliphatic hydroxyl groups is 2. The second-order valence-electron chi connectivity index (χ2n) is 8.73. The van der Waals surface area contributed by atoms with Gasteiger partial charge in [-0.25, -0.2) is 0 Å². The highest BCUT2D eigenvalue weighted by molar-refractivity contribution is 5.91. The highest BCUT2D eigenvalue weighted by Gasteiger charge is 2.62. The molecule has 0 bridgehead atoms. The van der Waals surface area contributed by atoms with E-state index in [1.807, 2.05) is 0 Å². The van der Waals surface area contributed by atoms with Gasteiger partial charge in [0.05, 0.1) is 6.61 Å². The van der Waals surface area contributed by atoms with Crippen LogP contribution in [0.1, 0.15) is 52.4 Å². The number of ether oxygens (including phenoxy) is 1. The summed E-state index contributed by atoms with van der Waals surface area (Å²) in [6.07, 6.45) is 4.28. The maximum atomic E-state index is 12.4. The van der Waals surface area contributed by atoms with Gasteiger partial charge in [-0.3, -0.25) is 4.79 Å². The first-order valence-electron chi connectivity index (χ1n) is 8.88. The van der Waals surface area contributed by atoms with Crippen LogP contribution < -0.4 is 0 Å². The summed E-state index contributed by atoms with van der Waals surface area (Å²) in [4.78, 5) is 12.4. The largest absolute Gasteiger partial charge is 0.385 e. The minimum Gasteiger partial charge on any atom is -0.385 e. The van der Waals surface area contributed by atoms with Crippen molar-refractivity contribution in [2.24, 2.45) is 34.5 Å². The second-order valence-corrected chi connectivity index (χ2v) is 8.73. The minimum atomic E-state index is -0.747. The zero-order valence-corrected chi connectivity index (χ0v) is 13.6. The van der Waals surface area contributed by atoms with E-state index in [1.54, 1.807) is 0 Å². The van der Waals surface area contributed by atoms with Crippen molar-refractivity contribution in [3.05, 3.63) is 0 Å². The van der Waals surface area contributed by atoms with Crippen LogP contribution in [0.5, 0.6) is 0 Å². The third-order valence-electron chi connectivity index (χ3n) is 7.87. The molecule has 4 rings (SSSR count). The van der Waals surface area contributed by atoms with Gasteiger partial charge in [-0.05, 0) is 61.2 Å². The Morgan fingerprint density at radius 2 is 1.86 bits per heavy atom. The molecule has 0 spiro atoms. The number of carbonyl (C=O) groups excluding carboxylic acids is 1. The summed E-state index contributed by atoms with van der Waals surface area (Å²) < 4.78 is 5.62. The molecule has 124 valence electrons. The van der Waals surface area contributed by atoms with Crippen molar-refractivity contribution >= 4 is 5.78 Å². The fourth-order valence-corrected chi connectivity index (χ4v) is 6.52. The number of hydrogen-bond acceptors (Lipinski definition) is 4. The Bertz CT molecular complexity index is 491. The maximum absolute atomic E-state index is 12.4. The Morgan fingerprint density at radius 3 is 2.64 bits per heavy atom. The van der Waals surface area contributed by atoms with Gasteiger partial charge in [-0.1, -0.05) is 13.8 Å². The van der Waals surface area contributed by atoms with E-state index in [9.17, 15) is 15.0 Å². The molecule has 1 heterocycles. The van der Waals surface area contributed by atoms with Gasteiger partial charge in [0.2, 0.25) is 0 Å². The molecule has 2 N–H and O–H groups in total. The van der Waals surface area contributed by atoms with Crippen LogP contribution in [0.3, 0.4) is 0 Å². The molecule has 3 aliphatic carbocycles. The van der Waals surface area contributed by atoms with E-state index in [0.29, 0.717) is 36.7 Å². The standard InChI is InChI=1S/C18H28O4/c1-17-6-5-12-11(13(17)8-14(19)16(17)21)4-3-10-7-15(20)22-9-18(10,12)2/h10-15,19-20H,3-9H2,1-2H3/t10-,11-,12+,13+,14+,15-,17+,18+/m1/s1. The number of ketones is 1. The molecule has 3 saturated carbocycles. The van der Waals surface area contributed by atoms with Gasteiger partial charge in [-0.15, -0.1) is 0 Å². The first-order chi connectivity index (χ1) is 10.4. The van der Waals surface area contributed by atoms with Crippen LogP contribution in [0.4, 0.5) is 0 Å².